The van der Waals surface area contributed by atoms with Crippen LogP contribution in [0, 0.1) is 0 Å². The zero-order valence-corrected chi connectivity index (χ0v) is 9.04. The van der Waals surface area contributed by atoms with E-state index >= 15 is 0 Å². The van der Waals surface area contributed by atoms with Gasteiger partial charge in [-0.3, -0.25) is 0 Å². The summed E-state index contributed by atoms with van der Waals surface area (Å²) in [6.45, 7) is 2.05. The Morgan fingerprint density at radius 2 is 2.41 bits per heavy atom. The second-order valence-electron chi connectivity index (χ2n) is 3.63. The molecule has 17 heavy (non-hydrogen) atoms. The van der Waals surface area contributed by atoms with Crippen LogP contribution in [0.25, 0.3) is 11.5 Å². The molecule has 0 radical (unpaired) electrons. The predicted molar refractivity (Wildman–Crippen MR) is 56.9 cm³/mol. The van der Waals surface area contributed by atoms with Crippen LogP contribution < -0.4 is 5.32 Å². The molecule has 1 aliphatic rings. The van der Waals surface area contributed by atoms with Crippen molar-refractivity contribution in [3.63, 3.8) is 0 Å². The summed E-state index contributed by atoms with van der Waals surface area (Å²) in [5.41, 5.74) is 0.645. The maximum atomic E-state index is 5.34. The van der Waals surface area contributed by atoms with Gasteiger partial charge in [0.15, 0.2) is 0 Å². The van der Waals surface area contributed by atoms with E-state index in [1.165, 1.54) is 6.33 Å². The fourth-order valence-corrected chi connectivity index (χ4v) is 1.63. The Balaban J connectivity index is 1.83. The molecule has 2 aromatic rings. The van der Waals surface area contributed by atoms with Crippen molar-refractivity contribution in [3.05, 3.63) is 24.5 Å². The quantitative estimate of drug-likeness (QED) is 0.792. The summed E-state index contributed by atoms with van der Waals surface area (Å²) in [6.07, 6.45) is 3.09. The van der Waals surface area contributed by atoms with Crippen LogP contribution >= 0.6 is 0 Å². The lowest BCUT2D eigenvalue weighted by molar-refractivity contribution is 0.0659. The van der Waals surface area contributed by atoms with Crippen LogP contribution in [-0.2, 0) is 4.74 Å². The first kappa shape index (κ1) is 10.3. The first-order valence-electron chi connectivity index (χ1n) is 5.34. The van der Waals surface area contributed by atoms with Gasteiger partial charge in [0.25, 0.3) is 0 Å². The van der Waals surface area contributed by atoms with E-state index in [-0.39, 0.29) is 6.04 Å². The molecule has 3 rings (SSSR count). The molecular formula is C10H11N5O2. The predicted octanol–water partition coefficient (Wildman–Crippen LogP) is 0.187. The van der Waals surface area contributed by atoms with E-state index in [9.17, 15) is 0 Å². The summed E-state index contributed by atoms with van der Waals surface area (Å²) in [6, 6.07) is 1.70. The highest BCUT2D eigenvalue weighted by Gasteiger charge is 2.22. The van der Waals surface area contributed by atoms with Gasteiger partial charge in [-0.1, -0.05) is 5.16 Å². The minimum atomic E-state index is -0.0353. The van der Waals surface area contributed by atoms with Crippen LogP contribution in [0.2, 0.25) is 0 Å². The van der Waals surface area contributed by atoms with E-state index in [1.807, 2.05) is 0 Å². The van der Waals surface area contributed by atoms with Gasteiger partial charge >= 0.3 is 0 Å². The highest BCUT2D eigenvalue weighted by Crippen LogP contribution is 2.17. The summed E-state index contributed by atoms with van der Waals surface area (Å²) in [7, 11) is 0. The third-order valence-corrected chi connectivity index (χ3v) is 2.47. The number of aromatic nitrogens is 4. The van der Waals surface area contributed by atoms with Crippen LogP contribution in [0.1, 0.15) is 11.9 Å². The molecule has 0 amide bonds. The van der Waals surface area contributed by atoms with Crippen LogP contribution in [0.5, 0.6) is 0 Å². The maximum Gasteiger partial charge on any atom is 0.246 e. The Bertz CT molecular complexity index is 480. The molecular weight excluding hydrogens is 222 g/mol. The largest absolute Gasteiger partial charge is 0.378 e. The van der Waals surface area contributed by atoms with Gasteiger partial charge in [0.1, 0.15) is 18.1 Å². The molecule has 1 saturated heterocycles. The fraction of sp³-hybridized carbons (Fsp3) is 0.400. The van der Waals surface area contributed by atoms with Gasteiger partial charge in [0.2, 0.25) is 11.7 Å². The van der Waals surface area contributed by atoms with Crippen molar-refractivity contribution in [2.45, 2.75) is 6.04 Å². The lowest BCUT2D eigenvalue weighted by Crippen LogP contribution is -2.34. The first-order chi connectivity index (χ1) is 8.43. The standard InChI is InChI=1S/C10H11N5O2/c1-2-11-6-13-7(1)9-14-10(17-15-9)8-5-16-4-3-12-8/h1-2,6,8,12H,3-5H2. The van der Waals surface area contributed by atoms with E-state index in [0.717, 1.165) is 6.54 Å². The van der Waals surface area contributed by atoms with Crippen molar-refractivity contribution in [2.24, 2.45) is 0 Å². The van der Waals surface area contributed by atoms with Crippen LogP contribution in [0.3, 0.4) is 0 Å². The van der Waals surface area contributed by atoms with Gasteiger partial charge in [-0.2, -0.15) is 4.98 Å². The number of rotatable bonds is 2. The van der Waals surface area contributed by atoms with E-state index in [2.05, 4.69) is 25.4 Å². The van der Waals surface area contributed by atoms with E-state index in [4.69, 9.17) is 9.26 Å². The zero-order chi connectivity index (χ0) is 11.5. The molecule has 88 valence electrons. The molecule has 1 aliphatic heterocycles. The molecule has 1 N–H and O–H groups in total. The number of nitrogens with one attached hydrogen (secondary N) is 1. The van der Waals surface area contributed by atoms with Gasteiger partial charge in [-0.05, 0) is 6.07 Å². The second kappa shape index (κ2) is 4.56. The lowest BCUT2D eigenvalue weighted by atomic mass is 10.3. The van der Waals surface area contributed by atoms with E-state index < -0.39 is 0 Å². The van der Waals surface area contributed by atoms with Crippen molar-refractivity contribution >= 4 is 0 Å². The Morgan fingerprint density at radius 1 is 1.41 bits per heavy atom. The number of morpholine rings is 1. The molecule has 0 bridgehead atoms. The van der Waals surface area contributed by atoms with Gasteiger partial charge in [0, 0.05) is 12.7 Å². The molecule has 1 atom stereocenters. The average molecular weight is 233 g/mol. The van der Waals surface area contributed by atoms with E-state index in [1.54, 1.807) is 12.3 Å². The second-order valence-corrected chi connectivity index (χ2v) is 3.63. The Labute approximate surface area is 97.2 Å². The number of nitrogens with zero attached hydrogens (tertiary/aromatic N) is 4. The smallest absolute Gasteiger partial charge is 0.246 e. The molecule has 1 unspecified atom stereocenters. The zero-order valence-electron chi connectivity index (χ0n) is 9.04. The molecule has 7 nitrogen and oxygen atoms in total. The highest BCUT2D eigenvalue weighted by atomic mass is 16.5. The minimum Gasteiger partial charge on any atom is -0.378 e. The third kappa shape index (κ3) is 2.15. The van der Waals surface area contributed by atoms with Gasteiger partial charge in [-0.15, -0.1) is 0 Å². The molecule has 0 aromatic carbocycles. The summed E-state index contributed by atoms with van der Waals surface area (Å²) < 4.78 is 10.5. The molecule has 1 fully saturated rings. The average Bonchev–Trinajstić information content (AvgIpc) is 2.90. The molecule has 7 heteroatoms. The van der Waals surface area contributed by atoms with Gasteiger partial charge < -0.3 is 14.6 Å². The van der Waals surface area contributed by atoms with Crippen molar-refractivity contribution < 1.29 is 9.26 Å². The monoisotopic (exact) mass is 233 g/mol. The molecule has 0 saturated carbocycles. The molecule has 2 aromatic heterocycles. The van der Waals surface area contributed by atoms with Gasteiger partial charge in [-0.25, -0.2) is 9.97 Å². The van der Waals surface area contributed by atoms with E-state index in [0.29, 0.717) is 30.6 Å². The van der Waals surface area contributed by atoms with Gasteiger partial charge in [0.05, 0.1) is 13.2 Å². The van der Waals surface area contributed by atoms with Crippen molar-refractivity contribution in [1.29, 1.82) is 0 Å². The first-order valence-corrected chi connectivity index (χ1v) is 5.34. The van der Waals surface area contributed by atoms with Crippen LogP contribution in [-0.4, -0.2) is 39.9 Å². The Morgan fingerprint density at radius 3 is 3.18 bits per heavy atom. The van der Waals surface area contributed by atoms with Crippen molar-refractivity contribution in [1.82, 2.24) is 25.4 Å². The van der Waals surface area contributed by atoms with Crippen LogP contribution in [0.15, 0.2) is 23.1 Å². The Hall–Kier alpha value is -1.86. The third-order valence-electron chi connectivity index (χ3n) is 2.47. The van der Waals surface area contributed by atoms with Crippen molar-refractivity contribution in [3.8, 4) is 11.5 Å². The number of hydrogen-bond acceptors (Lipinski definition) is 7. The summed E-state index contributed by atoms with van der Waals surface area (Å²) in [4.78, 5) is 12.2. The minimum absolute atomic E-state index is 0.0353. The molecule has 3 heterocycles. The number of hydrogen-bond donors (Lipinski definition) is 1. The highest BCUT2D eigenvalue weighted by molar-refractivity contribution is 5.46. The fourth-order valence-electron chi connectivity index (χ4n) is 1.63. The maximum absolute atomic E-state index is 5.34. The molecule has 0 spiro atoms. The SMILES string of the molecule is c1cc(-c2noc(C3COCCN3)n2)ncn1. The summed E-state index contributed by atoms with van der Waals surface area (Å²) in [5.74, 6) is 0.994. The summed E-state index contributed by atoms with van der Waals surface area (Å²) in [5, 5.41) is 7.14. The van der Waals surface area contributed by atoms with Crippen molar-refractivity contribution in [2.75, 3.05) is 19.8 Å². The van der Waals surface area contributed by atoms with Crippen LogP contribution in [0.4, 0.5) is 0 Å². The summed E-state index contributed by atoms with van der Waals surface area (Å²) >= 11 is 0. The Kier molecular flexibility index (Phi) is 2.76. The topological polar surface area (TPSA) is 86.0 Å². The molecule has 0 aliphatic carbocycles. The lowest BCUT2D eigenvalue weighted by Gasteiger charge is -2.20. The number of ether oxygens (including phenoxy) is 1. The normalized spacial score (nSPS) is 20.4.